The van der Waals surface area contributed by atoms with Crippen molar-refractivity contribution in [3.63, 3.8) is 0 Å². The fraction of sp³-hybridized carbons (Fsp3) is 0.385. The quantitative estimate of drug-likeness (QED) is 0.501. The van der Waals surface area contributed by atoms with Gasteiger partial charge in [0.25, 0.3) is 5.91 Å². The molecule has 1 aliphatic heterocycles. The second kappa shape index (κ2) is 9.22. The van der Waals surface area contributed by atoms with E-state index < -0.39 is 0 Å². The van der Waals surface area contributed by atoms with Gasteiger partial charge < -0.3 is 0 Å². The monoisotopic (exact) mass is 418 g/mol. The summed E-state index contributed by atoms with van der Waals surface area (Å²) in [5.74, 6) is 1.09. The minimum Gasteiger partial charge on any atom is -0.283 e. The average molecular weight is 419 g/mol. The van der Waals surface area contributed by atoms with Crippen LogP contribution in [0, 0.1) is 5.92 Å². The molecule has 2 aliphatic rings. The van der Waals surface area contributed by atoms with Gasteiger partial charge in [0, 0.05) is 6.04 Å². The van der Waals surface area contributed by atoms with Gasteiger partial charge in [-0.2, -0.15) is 0 Å². The van der Waals surface area contributed by atoms with Crippen LogP contribution in [0.15, 0.2) is 64.5 Å². The summed E-state index contributed by atoms with van der Waals surface area (Å²) in [6.45, 7) is 6.66. The van der Waals surface area contributed by atoms with Crippen molar-refractivity contribution in [2.24, 2.45) is 10.9 Å². The second-order valence-corrected chi connectivity index (χ2v) is 9.68. The van der Waals surface area contributed by atoms with Crippen LogP contribution in [0.3, 0.4) is 0 Å². The van der Waals surface area contributed by atoms with Crippen LogP contribution in [-0.4, -0.2) is 22.0 Å². The van der Waals surface area contributed by atoms with E-state index in [9.17, 15) is 4.79 Å². The maximum absolute atomic E-state index is 13.5. The van der Waals surface area contributed by atoms with Crippen molar-refractivity contribution in [3.05, 3.63) is 70.6 Å². The zero-order chi connectivity index (χ0) is 21.1. The Morgan fingerprint density at radius 1 is 1.03 bits per heavy atom. The summed E-state index contributed by atoms with van der Waals surface area (Å²) in [6.07, 6.45) is 6.68. The molecule has 4 rings (SSSR count). The summed E-state index contributed by atoms with van der Waals surface area (Å²) < 4.78 is 0. The number of thioether (sulfide) groups is 1. The fourth-order valence-corrected chi connectivity index (χ4v) is 5.32. The van der Waals surface area contributed by atoms with Crippen LogP contribution in [0.25, 0.3) is 6.08 Å². The van der Waals surface area contributed by atoms with Crippen LogP contribution in [0.5, 0.6) is 0 Å². The number of aliphatic imine (C=N–C) groups is 1. The van der Waals surface area contributed by atoms with Crippen LogP contribution >= 0.6 is 11.8 Å². The van der Waals surface area contributed by atoms with E-state index in [4.69, 9.17) is 4.99 Å². The average Bonchev–Trinajstić information content (AvgIpc) is 3.04. The van der Waals surface area contributed by atoms with Crippen molar-refractivity contribution in [2.75, 3.05) is 0 Å². The summed E-state index contributed by atoms with van der Waals surface area (Å²) in [6, 6.07) is 18.7. The van der Waals surface area contributed by atoms with E-state index in [0.29, 0.717) is 11.8 Å². The first-order valence-electron chi connectivity index (χ1n) is 11.0. The minimum absolute atomic E-state index is 0.0985. The van der Waals surface area contributed by atoms with Crippen molar-refractivity contribution < 1.29 is 4.79 Å². The standard InChI is InChI=1S/C26H30N2OS/c1-18(2)21-15-13-20(14-16-21)17-24-25(29)28(23-12-8-7-9-19(23)3)26(30-24)27-22-10-5-4-6-11-22/h4-6,10-11,13-19,23H,7-9,12H2,1-3H3/b24-17-,27-26?/t19-,23-/m1/s1. The highest BCUT2D eigenvalue weighted by Crippen LogP contribution is 2.40. The molecule has 1 saturated carbocycles. The molecule has 1 aliphatic carbocycles. The van der Waals surface area contributed by atoms with Gasteiger partial charge in [-0.1, -0.05) is 76.1 Å². The molecule has 2 aromatic rings. The number of hydrogen-bond donors (Lipinski definition) is 0. The van der Waals surface area contributed by atoms with Gasteiger partial charge in [0.1, 0.15) is 0 Å². The summed E-state index contributed by atoms with van der Waals surface area (Å²) in [7, 11) is 0. The van der Waals surface area contributed by atoms with Gasteiger partial charge in [0.15, 0.2) is 5.17 Å². The number of nitrogens with zero attached hydrogens (tertiary/aromatic N) is 2. The smallest absolute Gasteiger partial charge is 0.267 e. The maximum Gasteiger partial charge on any atom is 0.267 e. The second-order valence-electron chi connectivity index (χ2n) is 8.67. The number of benzene rings is 2. The molecule has 0 spiro atoms. The topological polar surface area (TPSA) is 32.7 Å². The minimum atomic E-state index is 0.0985. The molecule has 2 atom stereocenters. The molecule has 1 heterocycles. The molecule has 0 aromatic heterocycles. The molecule has 1 amide bonds. The Labute approximate surface area is 184 Å². The highest BCUT2D eigenvalue weighted by Gasteiger charge is 2.41. The van der Waals surface area contributed by atoms with Crippen LogP contribution in [0.4, 0.5) is 5.69 Å². The van der Waals surface area contributed by atoms with E-state index in [2.05, 4.69) is 45.0 Å². The van der Waals surface area contributed by atoms with Gasteiger partial charge in [0.2, 0.25) is 0 Å². The Kier molecular flexibility index (Phi) is 6.43. The number of amidine groups is 1. The van der Waals surface area contributed by atoms with Gasteiger partial charge in [-0.15, -0.1) is 0 Å². The zero-order valence-corrected chi connectivity index (χ0v) is 18.9. The van der Waals surface area contributed by atoms with Crippen molar-refractivity contribution >= 4 is 34.6 Å². The maximum atomic E-state index is 13.5. The van der Waals surface area contributed by atoms with E-state index in [-0.39, 0.29) is 11.9 Å². The molecule has 2 fully saturated rings. The fourth-order valence-electron chi connectivity index (χ4n) is 4.28. The number of carbonyl (C=O) groups is 1. The Bertz CT molecular complexity index is 947. The summed E-state index contributed by atoms with van der Waals surface area (Å²) in [5, 5.41) is 0.815. The van der Waals surface area contributed by atoms with Gasteiger partial charge in [-0.05, 0) is 65.8 Å². The van der Waals surface area contributed by atoms with E-state index >= 15 is 0 Å². The van der Waals surface area contributed by atoms with E-state index in [1.54, 1.807) is 0 Å². The SMILES string of the molecule is CC(C)c1ccc(/C=C2\SC(=Nc3ccccc3)N([C@@H]3CCCC[C@H]3C)C2=O)cc1. The largest absolute Gasteiger partial charge is 0.283 e. The Morgan fingerprint density at radius 3 is 2.40 bits per heavy atom. The summed E-state index contributed by atoms with van der Waals surface area (Å²) in [4.78, 5) is 21.1. The molecule has 0 bridgehead atoms. The molecule has 4 heteroatoms. The van der Waals surface area contributed by atoms with Gasteiger partial charge in [-0.3, -0.25) is 9.69 Å². The van der Waals surface area contributed by atoms with Crippen molar-refractivity contribution in [1.82, 2.24) is 4.90 Å². The number of hydrogen-bond acceptors (Lipinski definition) is 3. The highest BCUT2D eigenvalue weighted by molar-refractivity contribution is 8.18. The lowest BCUT2D eigenvalue weighted by molar-refractivity contribution is -0.124. The molecule has 0 unspecified atom stereocenters. The number of carbonyl (C=O) groups excluding carboxylic acids is 1. The molecule has 156 valence electrons. The Morgan fingerprint density at radius 2 is 1.73 bits per heavy atom. The molecule has 1 saturated heterocycles. The number of para-hydroxylation sites is 1. The molecule has 30 heavy (non-hydrogen) atoms. The third-order valence-corrected chi connectivity index (χ3v) is 7.10. The number of rotatable bonds is 4. The van der Waals surface area contributed by atoms with Gasteiger partial charge >= 0.3 is 0 Å². The van der Waals surface area contributed by atoms with Crippen LogP contribution in [-0.2, 0) is 4.79 Å². The normalized spacial score (nSPS) is 24.9. The van der Waals surface area contributed by atoms with Crippen molar-refractivity contribution in [2.45, 2.75) is 58.4 Å². The molecule has 3 nitrogen and oxygen atoms in total. The van der Waals surface area contributed by atoms with Crippen molar-refractivity contribution in [3.8, 4) is 0 Å². The van der Waals surface area contributed by atoms with Crippen molar-refractivity contribution in [1.29, 1.82) is 0 Å². The first-order valence-corrected chi connectivity index (χ1v) is 11.8. The Balaban J connectivity index is 1.68. The lowest BCUT2D eigenvalue weighted by Crippen LogP contribution is -2.44. The summed E-state index contributed by atoms with van der Waals surface area (Å²) >= 11 is 1.51. The van der Waals surface area contributed by atoms with E-state index in [0.717, 1.165) is 27.7 Å². The van der Waals surface area contributed by atoms with E-state index in [1.165, 1.54) is 36.6 Å². The third kappa shape index (κ3) is 4.54. The van der Waals surface area contributed by atoms with Gasteiger partial charge in [-0.25, -0.2) is 4.99 Å². The predicted molar refractivity (Wildman–Crippen MR) is 128 cm³/mol. The molecule has 0 N–H and O–H groups in total. The van der Waals surface area contributed by atoms with E-state index in [1.807, 2.05) is 41.3 Å². The molecule has 2 aromatic carbocycles. The lowest BCUT2D eigenvalue weighted by atomic mass is 9.85. The number of amides is 1. The zero-order valence-electron chi connectivity index (χ0n) is 18.0. The third-order valence-electron chi connectivity index (χ3n) is 6.12. The Hall–Kier alpha value is -2.33. The lowest BCUT2D eigenvalue weighted by Gasteiger charge is -2.35. The summed E-state index contributed by atoms with van der Waals surface area (Å²) in [5.41, 5.74) is 3.27. The van der Waals surface area contributed by atoms with Crippen LogP contribution in [0.2, 0.25) is 0 Å². The molecule has 0 radical (unpaired) electrons. The van der Waals surface area contributed by atoms with Gasteiger partial charge in [0.05, 0.1) is 10.6 Å². The highest BCUT2D eigenvalue weighted by atomic mass is 32.2. The molecular weight excluding hydrogens is 388 g/mol. The first kappa shape index (κ1) is 20.9. The van der Waals surface area contributed by atoms with Crippen LogP contribution < -0.4 is 0 Å². The predicted octanol–water partition coefficient (Wildman–Crippen LogP) is 6.99. The first-order chi connectivity index (χ1) is 14.5. The molecular formula is C26H30N2OS. The van der Waals surface area contributed by atoms with Crippen LogP contribution in [0.1, 0.15) is 63.5 Å².